The lowest BCUT2D eigenvalue weighted by Gasteiger charge is -2.20. The summed E-state index contributed by atoms with van der Waals surface area (Å²) in [5.74, 6) is 0.699. The van der Waals surface area contributed by atoms with Crippen LogP contribution in [-0.2, 0) is 5.41 Å². The fourth-order valence-corrected chi connectivity index (χ4v) is 2.50. The maximum Gasteiger partial charge on any atom is 0.251 e. The molecule has 0 saturated heterocycles. The van der Waals surface area contributed by atoms with E-state index in [2.05, 4.69) is 50.4 Å². The van der Waals surface area contributed by atoms with E-state index in [9.17, 15) is 4.79 Å². The largest absolute Gasteiger partial charge is 0.494 e. The first-order valence-electron chi connectivity index (χ1n) is 8.45. The zero-order valence-electron chi connectivity index (χ0n) is 15.2. The molecule has 0 aliphatic carbocycles. The molecule has 1 amide bonds. The number of hydrogen-bond acceptors (Lipinski definition) is 2. The lowest BCUT2D eigenvalue weighted by Crippen LogP contribution is -2.26. The van der Waals surface area contributed by atoms with E-state index in [-0.39, 0.29) is 17.4 Å². The maximum absolute atomic E-state index is 12.4. The van der Waals surface area contributed by atoms with Crippen LogP contribution in [0.1, 0.15) is 62.1 Å². The molecule has 0 heterocycles. The van der Waals surface area contributed by atoms with Gasteiger partial charge in [0.2, 0.25) is 0 Å². The average Bonchev–Trinajstić information content (AvgIpc) is 2.55. The number of ether oxygens (including phenoxy) is 1. The molecule has 128 valence electrons. The van der Waals surface area contributed by atoms with Gasteiger partial charge in [-0.25, -0.2) is 0 Å². The summed E-state index contributed by atoms with van der Waals surface area (Å²) in [6, 6.07) is 15.6. The Morgan fingerprint density at radius 1 is 1.04 bits per heavy atom. The third-order valence-electron chi connectivity index (χ3n) is 4.05. The van der Waals surface area contributed by atoms with E-state index in [1.165, 1.54) is 5.56 Å². The van der Waals surface area contributed by atoms with Crippen LogP contribution in [0.5, 0.6) is 5.75 Å². The molecule has 0 saturated carbocycles. The molecule has 0 fully saturated rings. The van der Waals surface area contributed by atoms with Gasteiger partial charge in [0.15, 0.2) is 0 Å². The second-order valence-electron chi connectivity index (χ2n) is 7.02. The molecule has 3 heteroatoms. The van der Waals surface area contributed by atoms with Crippen LogP contribution < -0.4 is 10.1 Å². The Morgan fingerprint density at radius 3 is 2.12 bits per heavy atom. The first-order chi connectivity index (χ1) is 11.3. The quantitative estimate of drug-likeness (QED) is 0.851. The summed E-state index contributed by atoms with van der Waals surface area (Å²) in [4.78, 5) is 12.4. The van der Waals surface area contributed by atoms with Crippen molar-refractivity contribution in [3.05, 3.63) is 65.2 Å². The van der Waals surface area contributed by atoms with Crippen molar-refractivity contribution in [1.82, 2.24) is 5.32 Å². The number of rotatable bonds is 5. The van der Waals surface area contributed by atoms with Crippen LogP contribution in [0.2, 0.25) is 0 Å². The highest BCUT2D eigenvalue weighted by Crippen LogP contribution is 2.24. The number of carbonyl (C=O) groups excluding carboxylic acids is 1. The van der Waals surface area contributed by atoms with E-state index in [0.29, 0.717) is 12.2 Å². The van der Waals surface area contributed by atoms with Crippen LogP contribution in [0.3, 0.4) is 0 Å². The molecule has 24 heavy (non-hydrogen) atoms. The second-order valence-corrected chi connectivity index (χ2v) is 7.02. The van der Waals surface area contributed by atoms with Crippen molar-refractivity contribution >= 4 is 5.91 Å². The minimum absolute atomic E-state index is 0.0434. The number of hydrogen-bond donors (Lipinski definition) is 1. The van der Waals surface area contributed by atoms with Crippen LogP contribution in [0, 0.1) is 0 Å². The molecule has 2 rings (SSSR count). The SMILES string of the molecule is CCOc1ccc(C(=O)N[C@@H](C)c2ccc(C(C)(C)C)cc2)cc1. The van der Waals surface area contributed by atoms with Crippen LogP contribution in [0.25, 0.3) is 0 Å². The Labute approximate surface area is 145 Å². The maximum atomic E-state index is 12.4. The van der Waals surface area contributed by atoms with Gasteiger partial charge in [-0.1, -0.05) is 45.0 Å². The highest BCUT2D eigenvalue weighted by atomic mass is 16.5. The van der Waals surface area contributed by atoms with Gasteiger partial charge < -0.3 is 10.1 Å². The monoisotopic (exact) mass is 325 g/mol. The van der Waals surface area contributed by atoms with Crippen molar-refractivity contribution in [1.29, 1.82) is 0 Å². The van der Waals surface area contributed by atoms with E-state index in [0.717, 1.165) is 11.3 Å². The van der Waals surface area contributed by atoms with E-state index < -0.39 is 0 Å². The normalized spacial score (nSPS) is 12.5. The average molecular weight is 325 g/mol. The summed E-state index contributed by atoms with van der Waals surface area (Å²) >= 11 is 0. The van der Waals surface area contributed by atoms with Gasteiger partial charge in [-0.2, -0.15) is 0 Å². The summed E-state index contributed by atoms with van der Waals surface area (Å²) < 4.78 is 5.40. The molecule has 3 nitrogen and oxygen atoms in total. The highest BCUT2D eigenvalue weighted by molar-refractivity contribution is 5.94. The van der Waals surface area contributed by atoms with Gasteiger partial charge in [0.25, 0.3) is 5.91 Å². The molecule has 2 aromatic carbocycles. The van der Waals surface area contributed by atoms with Gasteiger partial charge >= 0.3 is 0 Å². The Balaban J connectivity index is 2.03. The molecule has 1 atom stereocenters. The van der Waals surface area contributed by atoms with E-state index in [1.807, 2.05) is 26.0 Å². The molecular weight excluding hydrogens is 298 g/mol. The van der Waals surface area contributed by atoms with Gasteiger partial charge in [0, 0.05) is 5.56 Å². The first-order valence-corrected chi connectivity index (χ1v) is 8.45. The molecule has 1 N–H and O–H groups in total. The van der Waals surface area contributed by atoms with Gasteiger partial charge in [-0.3, -0.25) is 4.79 Å². The Hall–Kier alpha value is -2.29. The summed E-state index contributed by atoms with van der Waals surface area (Å²) in [5.41, 5.74) is 3.16. The van der Waals surface area contributed by atoms with Crippen LogP contribution in [0.15, 0.2) is 48.5 Å². The predicted molar refractivity (Wildman–Crippen MR) is 98.6 cm³/mol. The molecule has 0 spiro atoms. The lowest BCUT2D eigenvalue weighted by molar-refractivity contribution is 0.0940. The number of amides is 1. The first kappa shape index (κ1) is 18.1. The smallest absolute Gasteiger partial charge is 0.251 e. The van der Waals surface area contributed by atoms with Crippen molar-refractivity contribution in [2.24, 2.45) is 0 Å². The number of carbonyl (C=O) groups is 1. The minimum Gasteiger partial charge on any atom is -0.494 e. The van der Waals surface area contributed by atoms with Crippen LogP contribution in [0.4, 0.5) is 0 Å². The zero-order chi connectivity index (χ0) is 17.7. The van der Waals surface area contributed by atoms with Crippen molar-refractivity contribution in [3.63, 3.8) is 0 Å². The van der Waals surface area contributed by atoms with Crippen LogP contribution in [-0.4, -0.2) is 12.5 Å². The minimum atomic E-state index is -0.0783. The second kappa shape index (κ2) is 7.52. The fraction of sp³-hybridized carbons (Fsp3) is 0.381. The summed E-state index contributed by atoms with van der Waals surface area (Å²) in [6.07, 6.45) is 0. The van der Waals surface area contributed by atoms with Gasteiger partial charge in [-0.05, 0) is 54.7 Å². The third-order valence-corrected chi connectivity index (χ3v) is 4.05. The van der Waals surface area contributed by atoms with Gasteiger partial charge in [-0.15, -0.1) is 0 Å². The van der Waals surface area contributed by atoms with E-state index in [1.54, 1.807) is 12.1 Å². The molecule has 0 aliphatic heterocycles. The topological polar surface area (TPSA) is 38.3 Å². The number of nitrogens with one attached hydrogen (secondary N) is 1. The molecule has 0 unspecified atom stereocenters. The van der Waals surface area contributed by atoms with Crippen molar-refractivity contribution in [2.45, 2.75) is 46.1 Å². The summed E-state index contributed by atoms with van der Waals surface area (Å²) in [7, 11) is 0. The molecule has 0 aliphatic rings. The molecule has 0 bridgehead atoms. The fourth-order valence-electron chi connectivity index (χ4n) is 2.50. The van der Waals surface area contributed by atoms with E-state index in [4.69, 9.17) is 4.74 Å². The van der Waals surface area contributed by atoms with Crippen molar-refractivity contribution in [2.75, 3.05) is 6.61 Å². The van der Waals surface area contributed by atoms with Crippen molar-refractivity contribution < 1.29 is 9.53 Å². The zero-order valence-corrected chi connectivity index (χ0v) is 15.2. The van der Waals surface area contributed by atoms with Crippen molar-refractivity contribution in [3.8, 4) is 5.75 Å². The van der Waals surface area contributed by atoms with Gasteiger partial charge in [0.05, 0.1) is 12.6 Å². The lowest BCUT2D eigenvalue weighted by atomic mass is 9.86. The van der Waals surface area contributed by atoms with Gasteiger partial charge in [0.1, 0.15) is 5.75 Å². The molecule has 0 aromatic heterocycles. The third kappa shape index (κ3) is 4.60. The Bertz CT molecular complexity index is 666. The molecule has 0 radical (unpaired) electrons. The molecule has 2 aromatic rings. The standard InChI is InChI=1S/C21H27NO2/c1-6-24-19-13-9-17(10-14-19)20(23)22-15(2)16-7-11-18(12-8-16)21(3,4)5/h7-15H,6H2,1-5H3,(H,22,23)/t15-/m0/s1. The number of benzene rings is 2. The van der Waals surface area contributed by atoms with E-state index >= 15 is 0 Å². The summed E-state index contributed by atoms with van der Waals surface area (Å²) in [6.45, 7) is 11.1. The Kier molecular flexibility index (Phi) is 5.66. The van der Waals surface area contributed by atoms with Crippen LogP contribution >= 0.6 is 0 Å². The highest BCUT2D eigenvalue weighted by Gasteiger charge is 2.15. The summed E-state index contributed by atoms with van der Waals surface area (Å²) in [5, 5.41) is 3.04. The Morgan fingerprint density at radius 2 is 1.62 bits per heavy atom. The predicted octanol–water partition coefficient (Wildman–Crippen LogP) is 4.87. The molecular formula is C21H27NO2.